The molecule has 2 rings (SSSR count). The first-order valence-electron chi connectivity index (χ1n) is 7.11. The molecule has 130 valence electrons. The molecule has 2 aromatic rings. The summed E-state index contributed by atoms with van der Waals surface area (Å²) in [4.78, 5) is 22.5. The molecule has 0 heterocycles. The fraction of sp³-hybridized carbons (Fsp3) is 0.118. The van der Waals surface area contributed by atoms with Gasteiger partial charge in [-0.05, 0) is 35.9 Å². The highest BCUT2D eigenvalue weighted by molar-refractivity contribution is 9.10. The molecule has 8 heteroatoms. The Kier molecular flexibility index (Phi) is 6.53. The summed E-state index contributed by atoms with van der Waals surface area (Å²) in [5, 5.41) is 12.6. The van der Waals surface area contributed by atoms with E-state index in [2.05, 4.69) is 26.5 Å². The molecule has 2 aromatic carbocycles. The minimum Gasteiger partial charge on any atom is -0.493 e. The first-order valence-corrected chi connectivity index (χ1v) is 7.90. The van der Waals surface area contributed by atoms with E-state index in [4.69, 9.17) is 14.6 Å². The summed E-state index contributed by atoms with van der Waals surface area (Å²) < 4.78 is 11.4. The number of benzene rings is 2. The SMILES string of the molecule is COc1cc(Br)ccc1OCC(=O)NN=Cc1ccc(C(=O)O)cc1. The number of carbonyl (C=O) groups is 2. The molecular formula is C17H15BrN2O5. The zero-order chi connectivity index (χ0) is 18.2. The number of nitrogens with one attached hydrogen (secondary N) is 1. The van der Waals surface area contributed by atoms with E-state index in [1.165, 1.54) is 25.5 Å². The zero-order valence-corrected chi connectivity index (χ0v) is 14.8. The third kappa shape index (κ3) is 5.61. The predicted octanol–water partition coefficient (Wildman–Crippen LogP) is 2.68. The largest absolute Gasteiger partial charge is 0.493 e. The highest BCUT2D eigenvalue weighted by Crippen LogP contribution is 2.29. The Balaban J connectivity index is 1.85. The van der Waals surface area contributed by atoms with Crippen LogP contribution in [0.3, 0.4) is 0 Å². The molecule has 7 nitrogen and oxygen atoms in total. The smallest absolute Gasteiger partial charge is 0.335 e. The normalized spacial score (nSPS) is 10.5. The van der Waals surface area contributed by atoms with E-state index in [-0.39, 0.29) is 12.2 Å². The Hall–Kier alpha value is -2.87. The molecule has 0 fully saturated rings. The topological polar surface area (TPSA) is 97.2 Å². The van der Waals surface area contributed by atoms with Crippen LogP contribution in [0.5, 0.6) is 11.5 Å². The van der Waals surface area contributed by atoms with Gasteiger partial charge in [0.15, 0.2) is 18.1 Å². The van der Waals surface area contributed by atoms with Crippen LogP contribution in [0.4, 0.5) is 0 Å². The molecule has 0 atom stereocenters. The van der Waals surface area contributed by atoms with Gasteiger partial charge in [-0.25, -0.2) is 10.2 Å². The van der Waals surface area contributed by atoms with Crippen molar-refractivity contribution in [2.45, 2.75) is 0 Å². The second-order valence-electron chi connectivity index (χ2n) is 4.80. The number of ether oxygens (including phenoxy) is 2. The first kappa shape index (κ1) is 18.5. The number of hydrogen-bond acceptors (Lipinski definition) is 5. The molecule has 25 heavy (non-hydrogen) atoms. The number of halogens is 1. The van der Waals surface area contributed by atoms with E-state index in [1.807, 2.05) is 0 Å². The lowest BCUT2D eigenvalue weighted by molar-refractivity contribution is -0.123. The van der Waals surface area contributed by atoms with Gasteiger partial charge in [0.05, 0.1) is 18.9 Å². The number of carboxylic acids is 1. The molecule has 0 saturated heterocycles. The summed E-state index contributed by atoms with van der Waals surface area (Å²) in [5.41, 5.74) is 3.16. The van der Waals surface area contributed by atoms with Gasteiger partial charge in [-0.3, -0.25) is 4.79 Å². The van der Waals surface area contributed by atoms with Crippen molar-refractivity contribution in [2.75, 3.05) is 13.7 Å². The van der Waals surface area contributed by atoms with Gasteiger partial charge in [0.25, 0.3) is 5.91 Å². The Labute approximate surface area is 152 Å². The van der Waals surface area contributed by atoms with Crippen molar-refractivity contribution >= 4 is 34.0 Å². The van der Waals surface area contributed by atoms with Gasteiger partial charge in [-0.2, -0.15) is 5.10 Å². The van der Waals surface area contributed by atoms with Crippen molar-refractivity contribution in [3.63, 3.8) is 0 Å². The van der Waals surface area contributed by atoms with Crippen LogP contribution in [0.25, 0.3) is 0 Å². The Morgan fingerprint density at radius 2 is 1.92 bits per heavy atom. The second-order valence-corrected chi connectivity index (χ2v) is 5.72. The number of aromatic carboxylic acids is 1. The number of hydrazone groups is 1. The number of methoxy groups -OCH3 is 1. The Morgan fingerprint density at radius 1 is 1.20 bits per heavy atom. The van der Waals surface area contributed by atoms with Crippen molar-refractivity contribution in [2.24, 2.45) is 5.10 Å². The molecule has 0 aliphatic rings. The summed E-state index contributed by atoms with van der Waals surface area (Å²) in [6.07, 6.45) is 1.41. The third-order valence-corrected chi connectivity index (χ3v) is 3.54. The number of nitrogens with zero attached hydrogens (tertiary/aromatic N) is 1. The lowest BCUT2D eigenvalue weighted by Gasteiger charge is -2.10. The molecule has 0 bridgehead atoms. The van der Waals surface area contributed by atoms with Crippen LogP contribution in [0.15, 0.2) is 52.0 Å². The molecule has 2 N–H and O–H groups in total. The fourth-order valence-corrected chi connectivity index (χ4v) is 2.17. The third-order valence-electron chi connectivity index (χ3n) is 3.04. The standard InChI is InChI=1S/C17H15BrN2O5/c1-24-15-8-13(18)6-7-14(15)25-10-16(21)20-19-9-11-2-4-12(5-3-11)17(22)23/h2-9H,10H2,1H3,(H,20,21)(H,22,23). The van der Waals surface area contributed by atoms with Crippen molar-refractivity contribution in [3.05, 3.63) is 58.1 Å². The van der Waals surface area contributed by atoms with Gasteiger partial charge in [-0.15, -0.1) is 0 Å². The van der Waals surface area contributed by atoms with Crippen molar-refractivity contribution in [1.82, 2.24) is 5.43 Å². The van der Waals surface area contributed by atoms with E-state index in [1.54, 1.807) is 30.3 Å². The van der Waals surface area contributed by atoms with E-state index in [9.17, 15) is 9.59 Å². The maximum atomic E-state index is 11.7. The lowest BCUT2D eigenvalue weighted by Crippen LogP contribution is -2.24. The minimum absolute atomic E-state index is 0.179. The van der Waals surface area contributed by atoms with E-state index in [0.29, 0.717) is 17.1 Å². The molecule has 0 saturated carbocycles. The van der Waals surface area contributed by atoms with Gasteiger partial charge in [0.1, 0.15) is 0 Å². The minimum atomic E-state index is -1.00. The summed E-state index contributed by atoms with van der Waals surface area (Å²) in [5.74, 6) is -0.501. The van der Waals surface area contributed by atoms with Gasteiger partial charge in [0, 0.05) is 4.47 Å². The highest BCUT2D eigenvalue weighted by atomic mass is 79.9. The van der Waals surface area contributed by atoms with Crippen LogP contribution < -0.4 is 14.9 Å². The molecule has 0 aliphatic carbocycles. The van der Waals surface area contributed by atoms with Crippen molar-refractivity contribution < 1.29 is 24.2 Å². The highest BCUT2D eigenvalue weighted by Gasteiger charge is 2.07. The van der Waals surface area contributed by atoms with Gasteiger partial charge >= 0.3 is 5.97 Å². The zero-order valence-electron chi connectivity index (χ0n) is 13.2. The molecule has 0 aliphatic heterocycles. The molecule has 1 amide bonds. The maximum Gasteiger partial charge on any atom is 0.335 e. The molecular weight excluding hydrogens is 392 g/mol. The lowest BCUT2D eigenvalue weighted by atomic mass is 10.1. The molecule has 0 radical (unpaired) electrons. The van der Waals surface area contributed by atoms with E-state index in [0.717, 1.165) is 4.47 Å². The second kappa shape index (κ2) is 8.84. The van der Waals surface area contributed by atoms with Crippen LogP contribution in [-0.4, -0.2) is 36.9 Å². The number of amides is 1. The number of carbonyl (C=O) groups excluding carboxylic acids is 1. The summed E-state index contributed by atoms with van der Waals surface area (Å²) in [7, 11) is 1.51. The average Bonchev–Trinajstić information content (AvgIpc) is 2.61. The van der Waals surface area contributed by atoms with Crippen LogP contribution in [0.1, 0.15) is 15.9 Å². The predicted molar refractivity (Wildman–Crippen MR) is 95.3 cm³/mol. The van der Waals surface area contributed by atoms with Crippen LogP contribution >= 0.6 is 15.9 Å². The Morgan fingerprint density at radius 3 is 2.56 bits per heavy atom. The van der Waals surface area contributed by atoms with Crippen LogP contribution in [0.2, 0.25) is 0 Å². The molecule has 0 spiro atoms. The summed E-state index contributed by atoms with van der Waals surface area (Å²) in [6, 6.07) is 11.3. The van der Waals surface area contributed by atoms with Crippen molar-refractivity contribution in [3.8, 4) is 11.5 Å². The number of carboxylic acid groups (broad SMARTS) is 1. The summed E-state index contributed by atoms with van der Waals surface area (Å²) in [6.45, 7) is -0.229. The Bertz CT molecular complexity index is 790. The van der Waals surface area contributed by atoms with Gasteiger partial charge in [-0.1, -0.05) is 28.1 Å². The summed E-state index contributed by atoms with van der Waals surface area (Å²) >= 11 is 3.32. The average molecular weight is 407 g/mol. The molecule has 0 aromatic heterocycles. The molecule has 0 unspecified atom stereocenters. The van der Waals surface area contributed by atoms with E-state index < -0.39 is 11.9 Å². The van der Waals surface area contributed by atoms with Crippen LogP contribution in [0, 0.1) is 0 Å². The monoisotopic (exact) mass is 406 g/mol. The fourth-order valence-electron chi connectivity index (χ4n) is 1.83. The van der Waals surface area contributed by atoms with E-state index >= 15 is 0 Å². The first-order chi connectivity index (χ1) is 12.0. The maximum absolute atomic E-state index is 11.7. The number of rotatable bonds is 7. The quantitative estimate of drug-likeness (QED) is 0.544. The van der Waals surface area contributed by atoms with Crippen molar-refractivity contribution in [1.29, 1.82) is 0 Å². The van der Waals surface area contributed by atoms with Gasteiger partial charge in [0.2, 0.25) is 0 Å². The van der Waals surface area contributed by atoms with Gasteiger partial charge < -0.3 is 14.6 Å². The van der Waals surface area contributed by atoms with Crippen LogP contribution in [-0.2, 0) is 4.79 Å². The number of hydrogen-bond donors (Lipinski definition) is 2.